The Balaban J connectivity index is 1.60. The van der Waals surface area contributed by atoms with Crippen LogP contribution in [-0.4, -0.2) is 41.2 Å². The van der Waals surface area contributed by atoms with Gasteiger partial charge >= 0.3 is 0 Å². The second kappa shape index (κ2) is 4.93. The van der Waals surface area contributed by atoms with Gasteiger partial charge in [-0.2, -0.15) is 0 Å². The minimum absolute atomic E-state index is 0.132. The number of piperidine rings is 1. The van der Waals surface area contributed by atoms with Gasteiger partial charge in [0.05, 0.1) is 6.54 Å². The highest BCUT2D eigenvalue weighted by molar-refractivity contribution is 6.46. The van der Waals surface area contributed by atoms with Crippen LogP contribution in [0.4, 0.5) is 0 Å². The molecule has 2 heterocycles. The fourth-order valence-electron chi connectivity index (χ4n) is 3.36. The normalized spacial score (nSPS) is 27.7. The molecule has 2 amide bonds. The Morgan fingerprint density at radius 1 is 1.27 bits per heavy atom. The van der Waals surface area contributed by atoms with Crippen LogP contribution in [0.5, 0.6) is 0 Å². The third-order valence-corrected chi connectivity index (χ3v) is 4.64. The number of amides is 2. The summed E-state index contributed by atoms with van der Waals surface area (Å²) >= 11 is 0. The summed E-state index contributed by atoms with van der Waals surface area (Å²) in [7, 11) is 0. The van der Waals surface area contributed by atoms with E-state index in [2.05, 4.69) is 5.32 Å². The molecule has 1 aromatic rings. The van der Waals surface area contributed by atoms with E-state index in [9.17, 15) is 9.59 Å². The minimum Gasteiger partial charge on any atom is -0.338 e. The Kier molecular flexibility index (Phi) is 3.03. The predicted molar refractivity (Wildman–Crippen MR) is 82.4 cm³/mol. The van der Waals surface area contributed by atoms with E-state index < -0.39 is 5.66 Å². The molecule has 3 aliphatic rings. The van der Waals surface area contributed by atoms with Gasteiger partial charge in [-0.1, -0.05) is 30.3 Å². The fourth-order valence-corrected chi connectivity index (χ4v) is 3.36. The first-order valence-corrected chi connectivity index (χ1v) is 7.93. The molecule has 114 valence electrons. The molecule has 0 bridgehead atoms. The molecular weight excluding hydrogens is 278 g/mol. The van der Waals surface area contributed by atoms with Crippen molar-refractivity contribution in [2.45, 2.75) is 31.3 Å². The lowest BCUT2D eigenvalue weighted by Gasteiger charge is -2.38. The Bertz CT molecular complexity index is 651. The maximum absolute atomic E-state index is 12.3. The first-order chi connectivity index (χ1) is 10.7. The van der Waals surface area contributed by atoms with Gasteiger partial charge in [0.15, 0.2) is 5.66 Å². The molecule has 0 radical (unpaired) electrons. The Hall–Kier alpha value is -2.17. The molecule has 4 rings (SSSR count). The summed E-state index contributed by atoms with van der Waals surface area (Å²) in [6.45, 7) is 1.29. The lowest BCUT2D eigenvalue weighted by molar-refractivity contribution is -0.135. The first-order valence-electron chi connectivity index (χ1n) is 7.93. The maximum atomic E-state index is 12.3. The molecule has 0 aromatic heterocycles. The molecular formula is C17H19N3O2. The van der Waals surface area contributed by atoms with Crippen LogP contribution in [0.15, 0.2) is 35.3 Å². The molecule has 1 saturated carbocycles. The first kappa shape index (κ1) is 13.5. The van der Waals surface area contributed by atoms with E-state index in [0.29, 0.717) is 12.3 Å². The topological polar surface area (TPSA) is 61.8 Å². The minimum atomic E-state index is -0.620. The summed E-state index contributed by atoms with van der Waals surface area (Å²) in [5.74, 6) is 0.313. The van der Waals surface area contributed by atoms with Gasteiger partial charge in [-0.3, -0.25) is 9.59 Å². The molecule has 1 N–H and O–H groups in total. The number of rotatable bonds is 2. The number of hydrogen-bond donors (Lipinski definition) is 1. The Morgan fingerprint density at radius 2 is 2.05 bits per heavy atom. The molecule has 1 aromatic carbocycles. The number of hydrogen-bond acceptors (Lipinski definition) is 3. The fraction of sp³-hybridized carbons (Fsp3) is 0.471. The van der Waals surface area contributed by atoms with Crippen molar-refractivity contribution in [3.8, 4) is 0 Å². The average molecular weight is 297 g/mol. The summed E-state index contributed by atoms with van der Waals surface area (Å²) in [5.41, 5.74) is 0.703. The van der Waals surface area contributed by atoms with Crippen LogP contribution in [0.1, 0.15) is 31.2 Å². The van der Waals surface area contributed by atoms with Crippen LogP contribution < -0.4 is 5.32 Å². The van der Waals surface area contributed by atoms with Crippen molar-refractivity contribution in [2.75, 3.05) is 13.1 Å². The third kappa shape index (κ3) is 2.30. The van der Waals surface area contributed by atoms with Crippen molar-refractivity contribution in [2.24, 2.45) is 10.9 Å². The van der Waals surface area contributed by atoms with E-state index in [1.54, 1.807) is 0 Å². The van der Waals surface area contributed by atoms with E-state index in [0.717, 1.165) is 37.8 Å². The van der Waals surface area contributed by atoms with Gasteiger partial charge in [0.25, 0.3) is 5.91 Å². The highest BCUT2D eigenvalue weighted by atomic mass is 16.2. The van der Waals surface area contributed by atoms with Crippen LogP contribution in [0.25, 0.3) is 0 Å². The summed E-state index contributed by atoms with van der Waals surface area (Å²) < 4.78 is 0. The number of nitrogens with zero attached hydrogens (tertiary/aromatic N) is 2. The largest absolute Gasteiger partial charge is 0.338 e. The third-order valence-electron chi connectivity index (χ3n) is 4.64. The molecule has 1 atom stereocenters. The van der Waals surface area contributed by atoms with Gasteiger partial charge in [0.2, 0.25) is 5.91 Å². The van der Waals surface area contributed by atoms with Crippen LogP contribution in [0.3, 0.4) is 0 Å². The van der Waals surface area contributed by atoms with Crippen molar-refractivity contribution in [3.05, 3.63) is 35.9 Å². The van der Waals surface area contributed by atoms with E-state index >= 15 is 0 Å². The number of likely N-dealkylation sites (tertiary alicyclic amines) is 1. The highest BCUT2D eigenvalue weighted by Crippen LogP contribution is 2.34. The van der Waals surface area contributed by atoms with Gasteiger partial charge < -0.3 is 10.2 Å². The number of carbonyl (C=O) groups is 2. The highest BCUT2D eigenvalue weighted by Gasteiger charge is 2.45. The van der Waals surface area contributed by atoms with Crippen LogP contribution in [0.2, 0.25) is 0 Å². The van der Waals surface area contributed by atoms with Gasteiger partial charge in [0, 0.05) is 18.0 Å². The van der Waals surface area contributed by atoms with Gasteiger partial charge in [-0.05, 0) is 25.7 Å². The standard InChI is InChI=1S/C17H19N3O2/c21-15-14(12-5-2-1-3-6-12)18-17(19-15)9-4-10-20(11-17)16(22)13-7-8-13/h1-3,5-6,13H,4,7-11H2,(H,19,21). The molecule has 5 heteroatoms. The average Bonchev–Trinajstić information content (AvgIpc) is 3.33. The van der Waals surface area contributed by atoms with E-state index in [1.807, 2.05) is 35.2 Å². The Morgan fingerprint density at radius 3 is 2.77 bits per heavy atom. The molecule has 1 spiro atoms. The lowest BCUT2D eigenvalue weighted by Crippen LogP contribution is -2.56. The predicted octanol–water partition coefficient (Wildman–Crippen LogP) is 1.33. The van der Waals surface area contributed by atoms with Gasteiger partial charge in [-0.15, -0.1) is 0 Å². The van der Waals surface area contributed by atoms with Crippen molar-refractivity contribution in [1.29, 1.82) is 0 Å². The molecule has 1 aliphatic carbocycles. The number of carbonyl (C=O) groups excluding carboxylic acids is 2. The maximum Gasteiger partial charge on any atom is 0.272 e. The summed E-state index contributed by atoms with van der Waals surface area (Å²) in [4.78, 5) is 31.2. The molecule has 1 saturated heterocycles. The number of aliphatic imine (C=N–C) groups is 1. The summed E-state index contributed by atoms with van der Waals surface area (Å²) in [6.07, 6.45) is 3.69. The van der Waals surface area contributed by atoms with Gasteiger partial charge in [-0.25, -0.2) is 4.99 Å². The SMILES string of the molecule is O=C1NC2(CCCN(C(=O)C3CC3)C2)N=C1c1ccccc1. The summed E-state index contributed by atoms with van der Waals surface area (Å²) in [6, 6.07) is 9.52. The zero-order valence-electron chi connectivity index (χ0n) is 12.4. The van der Waals surface area contributed by atoms with E-state index in [-0.39, 0.29) is 17.7 Å². The van der Waals surface area contributed by atoms with Crippen molar-refractivity contribution < 1.29 is 9.59 Å². The lowest BCUT2D eigenvalue weighted by atomic mass is 9.99. The molecule has 1 unspecified atom stereocenters. The van der Waals surface area contributed by atoms with Crippen molar-refractivity contribution >= 4 is 17.5 Å². The Labute approximate surface area is 129 Å². The van der Waals surface area contributed by atoms with Crippen LogP contribution in [-0.2, 0) is 9.59 Å². The molecule has 2 aliphatic heterocycles. The van der Waals surface area contributed by atoms with E-state index in [4.69, 9.17) is 4.99 Å². The van der Waals surface area contributed by atoms with E-state index in [1.165, 1.54) is 0 Å². The quantitative estimate of drug-likeness (QED) is 0.895. The molecule has 5 nitrogen and oxygen atoms in total. The van der Waals surface area contributed by atoms with Crippen LogP contribution in [0, 0.1) is 5.92 Å². The van der Waals surface area contributed by atoms with Crippen LogP contribution >= 0.6 is 0 Å². The smallest absolute Gasteiger partial charge is 0.272 e. The second-order valence-corrected chi connectivity index (χ2v) is 6.45. The number of benzene rings is 1. The van der Waals surface area contributed by atoms with Crippen molar-refractivity contribution in [1.82, 2.24) is 10.2 Å². The number of nitrogens with one attached hydrogen (secondary N) is 1. The molecule has 22 heavy (non-hydrogen) atoms. The molecule has 2 fully saturated rings. The van der Waals surface area contributed by atoms with Gasteiger partial charge in [0.1, 0.15) is 5.71 Å². The summed E-state index contributed by atoms with van der Waals surface area (Å²) in [5, 5.41) is 3.03. The zero-order valence-corrected chi connectivity index (χ0v) is 12.4. The zero-order chi connectivity index (χ0) is 15.2. The second-order valence-electron chi connectivity index (χ2n) is 6.45. The monoisotopic (exact) mass is 297 g/mol. The van der Waals surface area contributed by atoms with Crippen molar-refractivity contribution in [3.63, 3.8) is 0 Å².